The number of amides is 1. The van der Waals surface area contributed by atoms with Gasteiger partial charge in [-0.05, 0) is 50.1 Å². The van der Waals surface area contributed by atoms with Gasteiger partial charge < -0.3 is 19.7 Å². The lowest BCUT2D eigenvalue weighted by molar-refractivity contribution is 0.0939. The molecule has 2 heterocycles. The van der Waals surface area contributed by atoms with Gasteiger partial charge >= 0.3 is 0 Å². The van der Waals surface area contributed by atoms with E-state index in [9.17, 15) is 4.79 Å². The fourth-order valence-electron chi connectivity index (χ4n) is 3.29. The summed E-state index contributed by atoms with van der Waals surface area (Å²) >= 11 is 0. The number of hydrogen-bond donors (Lipinski definition) is 1. The van der Waals surface area contributed by atoms with Gasteiger partial charge in [0.05, 0.1) is 25.8 Å². The summed E-state index contributed by atoms with van der Waals surface area (Å²) in [5, 5.41) is 3.06. The highest BCUT2D eigenvalue weighted by atomic mass is 16.5. The summed E-state index contributed by atoms with van der Waals surface area (Å²) in [6, 6.07) is 8.95. The summed E-state index contributed by atoms with van der Waals surface area (Å²) in [5.41, 5.74) is 1.47. The van der Waals surface area contributed by atoms with E-state index in [-0.39, 0.29) is 11.9 Å². The van der Waals surface area contributed by atoms with E-state index < -0.39 is 0 Å². The monoisotopic (exact) mass is 355 g/mol. The summed E-state index contributed by atoms with van der Waals surface area (Å²) in [5.74, 6) is 2.05. The summed E-state index contributed by atoms with van der Waals surface area (Å²) in [6.45, 7) is 3.81. The molecule has 0 radical (unpaired) electrons. The number of methoxy groups -OCH3 is 2. The van der Waals surface area contributed by atoms with Gasteiger partial charge in [-0.3, -0.25) is 4.79 Å². The van der Waals surface area contributed by atoms with E-state index in [1.54, 1.807) is 26.5 Å². The third kappa shape index (κ3) is 3.74. The zero-order chi connectivity index (χ0) is 18.5. The standard InChI is InChI=1S/C20H25N3O3/c1-14(17-13-15(25-2)8-9-18(17)26-3)22-20(24)16-7-6-10-21-19(16)23-11-4-5-12-23/h6-10,13-14H,4-5,11-12H2,1-3H3,(H,22,24)/t14-/m1/s1. The Balaban J connectivity index is 1.82. The minimum Gasteiger partial charge on any atom is -0.497 e. The highest BCUT2D eigenvalue weighted by Crippen LogP contribution is 2.30. The Morgan fingerprint density at radius 2 is 1.96 bits per heavy atom. The molecule has 1 aromatic carbocycles. The number of aromatic nitrogens is 1. The van der Waals surface area contributed by atoms with Crippen molar-refractivity contribution in [2.45, 2.75) is 25.8 Å². The van der Waals surface area contributed by atoms with Crippen LogP contribution in [0.5, 0.6) is 11.5 Å². The minimum atomic E-state index is -0.237. The molecule has 0 aliphatic carbocycles. The van der Waals surface area contributed by atoms with Gasteiger partial charge in [-0.15, -0.1) is 0 Å². The van der Waals surface area contributed by atoms with Gasteiger partial charge in [0.2, 0.25) is 0 Å². The molecule has 2 aromatic rings. The van der Waals surface area contributed by atoms with E-state index in [0.29, 0.717) is 11.3 Å². The normalized spacial score (nSPS) is 14.8. The number of pyridine rings is 1. The molecule has 26 heavy (non-hydrogen) atoms. The van der Waals surface area contributed by atoms with Gasteiger partial charge in [0, 0.05) is 24.8 Å². The Bertz CT molecular complexity index is 773. The predicted molar refractivity (Wildman–Crippen MR) is 101 cm³/mol. The maximum Gasteiger partial charge on any atom is 0.255 e. The first-order chi connectivity index (χ1) is 12.6. The third-order valence-electron chi connectivity index (χ3n) is 4.69. The Labute approximate surface area is 154 Å². The number of carbonyl (C=O) groups excluding carboxylic acids is 1. The van der Waals surface area contributed by atoms with Crippen molar-refractivity contribution in [2.75, 3.05) is 32.2 Å². The molecule has 1 saturated heterocycles. The van der Waals surface area contributed by atoms with Crippen LogP contribution in [-0.4, -0.2) is 38.2 Å². The van der Waals surface area contributed by atoms with Crippen molar-refractivity contribution in [3.05, 3.63) is 47.7 Å². The summed E-state index contributed by atoms with van der Waals surface area (Å²) in [4.78, 5) is 19.5. The Morgan fingerprint density at radius 1 is 1.19 bits per heavy atom. The lowest BCUT2D eigenvalue weighted by Gasteiger charge is -2.22. The van der Waals surface area contributed by atoms with Crippen molar-refractivity contribution in [3.63, 3.8) is 0 Å². The summed E-state index contributed by atoms with van der Waals surface area (Å²) in [7, 11) is 3.24. The van der Waals surface area contributed by atoms with Crippen molar-refractivity contribution < 1.29 is 14.3 Å². The predicted octanol–water partition coefficient (Wildman–Crippen LogP) is 3.19. The molecule has 6 heteroatoms. The van der Waals surface area contributed by atoms with Crippen LogP contribution in [0.15, 0.2) is 36.5 Å². The summed E-state index contributed by atoms with van der Waals surface area (Å²) in [6.07, 6.45) is 4.00. The maximum absolute atomic E-state index is 12.9. The highest BCUT2D eigenvalue weighted by molar-refractivity contribution is 5.99. The molecule has 1 aromatic heterocycles. The molecular formula is C20H25N3O3. The molecule has 1 N–H and O–H groups in total. The van der Waals surface area contributed by atoms with Crippen LogP contribution in [0.1, 0.15) is 41.7 Å². The van der Waals surface area contributed by atoms with Crippen LogP contribution in [0.4, 0.5) is 5.82 Å². The van der Waals surface area contributed by atoms with E-state index in [1.807, 2.05) is 31.2 Å². The van der Waals surface area contributed by atoms with Crippen molar-refractivity contribution in [2.24, 2.45) is 0 Å². The van der Waals surface area contributed by atoms with E-state index >= 15 is 0 Å². The number of anilines is 1. The molecule has 0 saturated carbocycles. The first kappa shape index (κ1) is 18.0. The number of benzene rings is 1. The number of hydrogen-bond acceptors (Lipinski definition) is 5. The lowest BCUT2D eigenvalue weighted by Crippen LogP contribution is -2.30. The second-order valence-electron chi connectivity index (χ2n) is 6.37. The van der Waals surface area contributed by atoms with E-state index in [4.69, 9.17) is 9.47 Å². The molecule has 0 bridgehead atoms. The van der Waals surface area contributed by atoms with Crippen LogP contribution in [0.2, 0.25) is 0 Å². The molecule has 138 valence electrons. The molecule has 0 unspecified atom stereocenters. The van der Waals surface area contributed by atoms with Crippen molar-refractivity contribution in [1.82, 2.24) is 10.3 Å². The quantitative estimate of drug-likeness (QED) is 0.862. The van der Waals surface area contributed by atoms with Gasteiger partial charge in [0.1, 0.15) is 17.3 Å². The minimum absolute atomic E-state index is 0.141. The van der Waals surface area contributed by atoms with Gasteiger partial charge in [0.25, 0.3) is 5.91 Å². The van der Waals surface area contributed by atoms with E-state index in [2.05, 4.69) is 15.2 Å². The topological polar surface area (TPSA) is 63.7 Å². The zero-order valence-corrected chi connectivity index (χ0v) is 15.5. The van der Waals surface area contributed by atoms with Gasteiger partial charge in [-0.25, -0.2) is 4.98 Å². The van der Waals surface area contributed by atoms with Crippen LogP contribution >= 0.6 is 0 Å². The number of nitrogens with one attached hydrogen (secondary N) is 1. The molecule has 1 amide bonds. The van der Waals surface area contributed by atoms with Crippen LogP contribution in [-0.2, 0) is 0 Å². The zero-order valence-electron chi connectivity index (χ0n) is 15.5. The van der Waals surface area contributed by atoms with Crippen LogP contribution in [0.25, 0.3) is 0 Å². The third-order valence-corrected chi connectivity index (χ3v) is 4.69. The number of rotatable bonds is 6. The molecule has 1 fully saturated rings. The average molecular weight is 355 g/mol. The number of carbonyl (C=O) groups is 1. The van der Waals surface area contributed by atoms with Gasteiger partial charge in [0.15, 0.2) is 0 Å². The van der Waals surface area contributed by atoms with Gasteiger partial charge in [-0.1, -0.05) is 0 Å². The van der Waals surface area contributed by atoms with Gasteiger partial charge in [-0.2, -0.15) is 0 Å². The van der Waals surface area contributed by atoms with Crippen molar-refractivity contribution in [3.8, 4) is 11.5 Å². The fraction of sp³-hybridized carbons (Fsp3) is 0.400. The smallest absolute Gasteiger partial charge is 0.255 e. The largest absolute Gasteiger partial charge is 0.497 e. The second kappa shape index (κ2) is 8.08. The molecule has 0 spiro atoms. The average Bonchev–Trinajstić information content (AvgIpc) is 3.22. The maximum atomic E-state index is 12.9. The highest BCUT2D eigenvalue weighted by Gasteiger charge is 2.22. The SMILES string of the molecule is COc1ccc(OC)c([C@@H](C)NC(=O)c2cccnc2N2CCCC2)c1. The number of nitrogens with zero attached hydrogens (tertiary/aromatic N) is 2. The van der Waals surface area contributed by atoms with Crippen LogP contribution in [0.3, 0.4) is 0 Å². The molecular weight excluding hydrogens is 330 g/mol. The molecule has 1 aliphatic heterocycles. The van der Waals surface area contributed by atoms with E-state index in [1.165, 1.54) is 0 Å². The molecule has 3 rings (SSSR count). The Morgan fingerprint density at radius 3 is 2.65 bits per heavy atom. The lowest BCUT2D eigenvalue weighted by atomic mass is 10.1. The van der Waals surface area contributed by atoms with Crippen LogP contribution < -0.4 is 19.7 Å². The Hall–Kier alpha value is -2.76. The Kier molecular flexibility index (Phi) is 5.61. The summed E-state index contributed by atoms with van der Waals surface area (Å²) < 4.78 is 10.7. The molecule has 1 aliphatic rings. The first-order valence-electron chi connectivity index (χ1n) is 8.86. The number of ether oxygens (including phenoxy) is 2. The molecule has 1 atom stereocenters. The van der Waals surface area contributed by atoms with Crippen molar-refractivity contribution >= 4 is 11.7 Å². The van der Waals surface area contributed by atoms with E-state index in [0.717, 1.165) is 43.1 Å². The fourth-order valence-corrected chi connectivity index (χ4v) is 3.29. The molecule has 6 nitrogen and oxygen atoms in total. The van der Waals surface area contributed by atoms with Crippen LogP contribution in [0, 0.1) is 0 Å². The second-order valence-corrected chi connectivity index (χ2v) is 6.37. The first-order valence-corrected chi connectivity index (χ1v) is 8.86. The van der Waals surface area contributed by atoms with Crippen molar-refractivity contribution in [1.29, 1.82) is 0 Å².